The molecule has 184 valence electrons. The van der Waals surface area contributed by atoms with Crippen LogP contribution in [-0.4, -0.2) is 60.6 Å². The van der Waals surface area contributed by atoms with E-state index in [4.69, 9.17) is 14.2 Å². The number of carbonyl (C=O) groups is 1. The monoisotopic (exact) mass is 466 g/mol. The highest BCUT2D eigenvalue weighted by molar-refractivity contribution is 5.70. The van der Waals surface area contributed by atoms with Crippen LogP contribution in [0.4, 0.5) is 4.79 Å². The lowest BCUT2D eigenvalue weighted by Gasteiger charge is -2.40. The molecule has 2 aromatic carbocycles. The summed E-state index contributed by atoms with van der Waals surface area (Å²) in [7, 11) is 1.65. The Balaban J connectivity index is 1.57. The topological polar surface area (TPSA) is 51.2 Å². The minimum absolute atomic E-state index is 0.0290. The Morgan fingerprint density at radius 3 is 2.38 bits per heavy atom. The van der Waals surface area contributed by atoms with E-state index in [-0.39, 0.29) is 31.0 Å². The smallest absolute Gasteiger partial charge is 0.411 e. The van der Waals surface area contributed by atoms with Gasteiger partial charge >= 0.3 is 6.09 Å². The van der Waals surface area contributed by atoms with Crippen LogP contribution in [0.15, 0.2) is 54.6 Å². The fourth-order valence-electron chi connectivity index (χ4n) is 5.21. The molecule has 2 heterocycles. The lowest BCUT2D eigenvalue weighted by molar-refractivity contribution is -0.0569. The second-order valence-corrected chi connectivity index (χ2v) is 10.4. The van der Waals surface area contributed by atoms with E-state index in [0.717, 1.165) is 32.4 Å². The Hall–Kier alpha value is -2.41. The van der Waals surface area contributed by atoms with Gasteiger partial charge in [0.1, 0.15) is 12.4 Å². The Morgan fingerprint density at radius 2 is 1.68 bits per heavy atom. The fourth-order valence-corrected chi connectivity index (χ4v) is 5.21. The zero-order valence-corrected chi connectivity index (χ0v) is 20.9. The summed E-state index contributed by atoms with van der Waals surface area (Å²) in [5.41, 5.74) is 3.36. The molecule has 0 radical (unpaired) electrons. The van der Waals surface area contributed by atoms with Gasteiger partial charge in [0.15, 0.2) is 0 Å². The third kappa shape index (κ3) is 5.98. The molecule has 0 aromatic heterocycles. The minimum Gasteiger partial charge on any atom is -0.444 e. The number of methoxy groups -OCH3 is 1. The van der Waals surface area contributed by atoms with Gasteiger partial charge < -0.3 is 14.2 Å². The largest absolute Gasteiger partial charge is 0.444 e. The van der Waals surface area contributed by atoms with Gasteiger partial charge in [-0.15, -0.1) is 0 Å². The molecule has 0 spiro atoms. The van der Waals surface area contributed by atoms with Crippen molar-refractivity contribution < 1.29 is 19.0 Å². The Morgan fingerprint density at radius 1 is 0.971 bits per heavy atom. The third-order valence-corrected chi connectivity index (χ3v) is 6.71. The van der Waals surface area contributed by atoms with Crippen LogP contribution in [0.3, 0.4) is 0 Å². The normalized spacial score (nSPS) is 23.1. The standard InChI is InChI=1S/C28H38N2O4/c1-28(2,3)34-27(31)30-24(14-15-26(30)21-10-6-5-7-11-21)18-29-17-23-13-9-8-12-22(23)16-25(29)19-33-20-32-4/h5-13,24-26H,14-20H2,1-4H3. The van der Waals surface area contributed by atoms with Gasteiger partial charge in [0.05, 0.1) is 12.6 Å². The second kappa shape index (κ2) is 10.9. The summed E-state index contributed by atoms with van der Waals surface area (Å²) in [5, 5.41) is 0. The maximum atomic E-state index is 13.4. The number of hydrogen-bond acceptors (Lipinski definition) is 5. The summed E-state index contributed by atoms with van der Waals surface area (Å²) in [5.74, 6) is 0. The summed E-state index contributed by atoms with van der Waals surface area (Å²) < 4.78 is 16.8. The highest BCUT2D eigenvalue weighted by atomic mass is 16.7. The van der Waals surface area contributed by atoms with Crippen LogP contribution in [0.2, 0.25) is 0 Å². The van der Waals surface area contributed by atoms with Crippen molar-refractivity contribution >= 4 is 6.09 Å². The van der Waals surface area contributed by atoms with Crippen molar-refractivity contribution in [3.05, 3.63) is 71.3 Å². The molecule has 1 amide bonds. The van der Waals surface area contributed by atoms with Gasteiger partial charge in [-0.1, -0.05) is 54.6 Å². The number of likely N-dealkylation sites (tertiary alicyclic amines) is 1. The van der Waals surface area contributed by atoms with Crippen molar-refractivity contribution in [3.8, 4) is 0 Å². The second-order valence-electron chi connectivity index (χ2n) is 10.4. The first kappa shape index (κ1) is 24.7. The van der Waals surface area contributed by atoms with Gasteiger partial charge in [-0.05, 0) is 56.7 Å². The van der Waals surface area contributed by atoms with Crippen LogP contribution in [0.5, 0.6) is 0 Å². The highest BCUT2D eigenvalue weighted by Crippen LogP contribution is 2.38. The van der Waals surface area contributed by atoms with Crippen LogP contribution in [-0.2, 0) is 27.2 Å². The number of rotatable bonds is 7. The van der Waals surface area contributed by atoms with Crippen molar-refractivity contribution in [2.75, 3.05) is 27.1 Å². The first-order chi connectivity index (χ1) is 16.4. The molecular formula is C28H38N2O4. The van der Waals surface area contributed by atoms with E-state index in [2.05, 4.69) is 41.3 Å². The maximum Gasteiger partial charge on any atom is 0.411 e. The van der Waals surface area contributed by atoms with E-state index < -0.39 is 5.60 Å². The van der Waals surface area contributed by atoms with Crippen molar-refractivity contribution in [1.82, 2.24) is 9.80 Å². The Bertz CT molecular complexity index is 943. The molecule has 1 saturated heterocycles. The summed E-state index contributed by atoms with van der Waals surface area (Å²) in [6.07, 6.45) is 2.58. The summed E-state index contributed by atoms with van der Waals surface area (Å²) in [6.45, 7) is 8.32. The SMILES string of the molecule is COCOCC1Cc2ccccc2CN1CC1CCC(c2ccccc2)N1C(=O)OC(C)(C)C. The van der Waals surface area contributed by atoms with Crippen LogP contribution in [0.25, 0.3) is 0 Å². The molecule has 0 aliphatic carbocycles. The number of fused-ring (bicyclic) bond motifs is 1. The number of amides is 1. The lowest BCUT2D eigenvalue weighted by atomic mass is 9.93. The van der Waals surface area contributed by atoms with Crippen molar-refractivity contribution in [3.63, 3.8) is 0 Å². The van der Waals surface area contributed by atoms with Crippen molar-refractivity contribution in [1.29, 1.82) is 0 Å². The van der Waals surface area contributed by atoms with Crippen LogP contribution in [0.1, 0.15) is 56.3 Å². The average molecular weight is 467 g/mol. The molecule has 2 aromatic rings. The molecule has 2 aliphatic heterocycles. The van der Waals surface area contributed by atoms with Gasteiger partial charge in [0.25, 0.3) is 0 Å². The van der Waals surface area contributed by atoms with Crippen LogP contribution in [0, 0.1) is 0 Å². The maximum absolute atomic E-state index is 13.4. The summed E-state index contributed by atoms with van der Waals surface area (Å²) in [4.78, 5) is 17.9. The van der Waals surface area contributed by atoms with E-state index >= 15 is 0 Å². The molecule has 3 unspecified atom stereocenters. The third-order valence-electron chi connectivity index (χ3n) is 6.71. The van der Waals surface area contributed by atoms with Crippen molar-refractivity contribution in [2.45, 2.75) is 70.3 Å². The zero-order chi connectivity index (χ0) is 24.1. The summed E-state index contributed by atoms with van der Waals surface area (Å²) in [6, 6.07) is 19.3. The molecular weight excluding hydrogens is 428 g/mol. The van der Waals surface area contributed by atoms with Gasteiger partial charge in [-0.25, -0.2) is 4.79 Å². The Labute approximate surface area is 203 Å². The van der Waals surface area contributed by atoms with E-state index in [1.54, 1.807) is 7.11 Å². The van der Waals surface area contributed by atoms with Crippen LogP contribution >= 0.6 is 0 Å². The molecule has 6 heteroatoms. The zero-order valence-electron chi connectivity index (χ0n) is 20.9. The van der Waals surface area contributed by atoms with Gasteiger partial charge in [-0.3, -0.25) is 9.80 Å². The average Bonchev–Trinajstić information content (AvgIpc) is 3.23. The number of nitrogens with zero attached hydrogens (tertiary/aromatic N) is 2. The first-order valence-electron chi connectivity index (χ1n) is 12.3. The quantitative estimate of drug-likeness (QED) is 0.416. The number of benzene rings is 2. The molecule has 34 heavy (non-hydrogen) atoms. The van der Waals surface area contributed by atoms with E-state index in [0.29, 0.717) is 6.61 Å². The van der Waals surface area contributed by atoms with Crippen LogP contribution < -0.4 is 0 Å². The highest BCUT2D eigenvalue weighted by Gasteiger charge is 2.42. The summed E-state index contributed by atoms with van der Waals surface area (Å²) >= 11 is 0. The van der Waals surface area contributed by atoms with Gasteiger partial charge in [0, 0.05) is 32.3 Å². The molecule has 1 fully saturated rings. The van der Waals surface area contributed by atoms with E-state index in [1.807, 2.05) is 43.9 Å². The molecule has 2 aliphatic rings. The minimum atomic E-state index is -0.536. The molecule has 0 saturated carbocycles. The number of hydrogen-bond donors (Lipinski definition) is 0. The lowest BCUT2D eigenvalue weighted by Crippen LogP contribution is -2.51. The predicted molar refractivity (Wildman–Crippen MR) is 132 cm³/mol. The number of carbonyl (C=O) groups excluding carboxylic acids is 1. The molecule has 0 bridgehead atoms. The number of ether oxygens (including phenoxy) is 3. The fraction of sp³-hybridized carbons (Fsp3) is 0.536. The molecule has 3 atom stereocenters. The molecule has 6 nitrogen and oxygen atoms in total. The first-order valence-corrected chi connectivity index (χ1v) is 12.3. The Kier molecular flexibility index (Phi) is 7.91. The van der Waals surface area contributed by atoms with Gasteiger partial charge in [0.2, 0.25) is 0 Å². The molecule has 4 rings (SSSR count). The predicted octanol–water partition coefficient (Wildman–Crippen LogP) is 5.17. The van der Waals surface area contributed by atoms with Crippen molar-refractivity contribution in [2.24, 2.45) is 0 Å². The van der Waals surface area contributed by atoms with Gasteiger partial charge in [-0.2, -0.15) is 0 Å². The molecule has 0 N–H and O–H groups in total. The van der Waals surface area contributed by atoms with E-state index in [1.165, 1.54) is 16.7 Å². The van der Waals surface area contributed by atoms with E-state index in [9.17, 15) is 4.79 Å².